The van der Waals surface area contributed by atoms with Crippen LogP contribution in [0.5, 0.6) is 5.75 Å². The van der Waals surface area contributed by atoms with Gasteiger partial charge in [-0.2, -0.15) is 0 Å². The molecule has 0 aliphatic carbocycles. The summed E-state index contributed by atoms with van der Waals surface area (Å²) in [7, 11) is 0. The zero-order chi connectivity index (χ0) is 20.4. The van der Waals surface area contributed by atoms with Crippen LogP contribution in [0.25, 0.3) is 22.3 Å². The molecule has 7 nitrogen and oxygen atoms in total. The molecule has 1 amide bonds. The minimum atomic E-state index is -4.79. The van der Waals surface area contributed by atoms with Crippen LogP contribution >= 0.6 is 11.3 Å². The molecular weight excluding hydrogens is 407 g/mol. The number of pyridine rings is 1. The number of ether oxygens (including phenoxy) is 1. The van der Waals surface area contributed by atoms with Crippen LogP contribution in [-0.2, 0) is 0 Å². The van der Waals surface area contributed by atoms with Crippen molar-refractivity contribution in [1.29, 1.82) is 0 Å². The van der Waals surface area contributed by atoms with Crippen molar-refractivity contribution in [2.45, 2.75) is 6.36 Å². The summed E-state index contributed by atoms with van der Waals surface area (Å²) < 4.78 is 41.4. The molecule has 29 heavy (non-hydrogen) atoms. The molecule has 3 aromatic heterocycles. The van der Waals surface area contributed by atoms with Gasteiger partial charge in [-0.3, -0.25) is 9.78 Å². The summed E-state index contributed by atoms with van der Waals surface area (Å²) >= 11 is 1.17. The molecule has 0 unspecified atom stereocenters. The van der Waals surface area contributed by atoms with Crippen LogP contribution < -0.4 is 10.1 Å². The number of anilines is 1. The Morgan fingerprint density at radius 3 is 2.76 bits per heavy atom. The number of nitrogens with zero attached hydrogens (tertiary/aromatic N) is 4. The Balaban J connectivity index is 1.70. The van der Waals surface area contributed by atoms with E-state index in [1.165, 1.54) is 47.6 Å². The number of aromatic nitrogens is 4. The first-order valence-electron chi connectivity index (χ1n) is 8.07. The normalized spacial score (nSPS) is 11.4. The third kappa shape index (κ3) is 4.29. The van der Waals surface area contributed by atoms with Gasteiger partial charge in [0.05, 0.1) is 22.9 Å². The van der Waals surface area contributed by atoms with E-state index in [1.807, 2.05) is 0 Å². The Hall–Kier alpha value is -3.60. The van der Waals surface area contributed by atoms with Gasteiger partial charge in [0.15, 0.2) is 5.82 Å². The van der Waals surface area contributed by atoms with Gasteiger partial charge in [-0.15, -0.1) is 24.5 Å². The van der Waals surface area contributed by atoms with Gasteiger partial charge in [-0.25, -0.2) is 15.0 Å². The van der Waals surface area contributed by atoms with Gasteiger partial charge in [0.1, 0.15) is 22.5 Å². The van der Waals surface area contributed by atoms with Gasteiger partial charge < -0.3 is 10.1 Å². The molecule has 0 aliphatic rings. The number of nitrogens with one attached hydrogen (secondary N) is 1. The molecule has 11 heteroatoms. The number of thiazole rings is 1. The molecule has 0 atom stereocenters. The summed E-state index contributed by atoms with van der Waals surface area (Å²) in [5.41, 5.74) is 3.06. The summed E-state index contributed by atoms with van der Waals surface area (Å²) in [6, 6.07) is 8.69. The van der Waals surface area contributed by atoms with Crippen molar-refractivity contribution in [2.24, 2.45) is 0 Å². The maximum atomic E-state index is 12.5. The zero-order valence-corrected chi connectivity index (χ0v) is 15.2. The maximum absolute atomic E-state index is 12.5. The lowest BCUT2D eigenvalue weighted by atomic mass is 10.1. The molecule has 4 aromatic rings. The molecule has 0 saturated carbocycles. The highest BCUT2D eigenvalue weighted by Crippen LogP contribution is 2.29. The van der Waals surface area contributed by atoms with Gasteiger partial charge >= 0.3 is 6.36 Å². The highest BCUT2D eigenvalue weighted by Gasteiger charge is 2.31. The quantitative estimate of drug-likeness (QED) is 0.533. The molecule has 0 fully saturated rings. The van der Waals surface area contributed by atoms with Gasteiger partial charge in [-0.1, -0.05) is 12.1 Å². The van der Waals surface area contributed by atoms with Gasteiger partial charge in [0, 0.05) is 5.56 Å². The second-order valence-electron chi connectivity index (χ2n) is 5.68. The van der Waals surface area contributed by atoms with E-state index in [9.17, 15) is 18.0 Å². The van der Waals surface area contributed by atoms with Gasteiger partial charge in [0.25, 0.3) is 5.91 Å². The van der Waals surface area contributed by atoms with E-state index in [-0.39, 0.29) is 11.6 Å². The van der Waals surface area contributed by atoms with Crippen molar-refractivity contribution in [3.8, 4) is 17.0 Å². The van der Waals surface area contributed by atoms with Crippen molar-refractivity contribution in [2.75, 3.05) is 5.32 Å². The van der Waals surface area contributed by atoms with Crippen LogP contribution in [0.4, 0.5) is 19.0 Å². The standard InChI is InChI=1S/C18H10F3N5O2S/c19-18(20,21)28-11-3-1-2-10(6-11)12-4-5-13-15(25-12)16(24-8-23-13)26-17(27)14-7-22-9-29-14/h1-9H,(H,23,24,26,27). The summed E-state index contributed by atoms with van der Waals surface area (Å²) in [5, 5.41) is 2.65. The van der Waals surface area contributed by atoms with E-state index in [2.05, 4.69) is 30.0 Å². The van der Waals surface area contributed by atoms with E-state index in [0.29, 0.717) is 27.2 Å². The average molecular weight is 417 g/mol. The first kappa shape index (κ1) is 18.7. The van der Waals surface area contributed by atoms with Crippen LogP contribution in [-0.4, -0.2) is 32.2 Å². The minimum Gasteiger partial charge on any atom is -0.406 e. The van der Waals surface area contributed by atoms with Crippen molar-refractivity contribution >= 4 is 34.1 Å². The largest absolute Gasteiger partial charge is 0.573 e. The topological polar surface area (TPSA) is 89.9 Å². The molecule has 0 radical (unpaired) electrons. The van der Waals surface area contributed by atoms with Crippen LogP contribution in [0.3, 0.4) is 0 Å². The van der Waals surface area contributed by atoms with Crippen LogP contribution in [0, 0.1) is 0 Å². The molecule has 0 aliphatic heterocycles. The minimum absolute atomic E-state index is 0.179. The number of rotatable bonds is 4. The second kappa shape index (κ2) is 7.43. The molecule has 0 spiro atoms. The predicted octanol–water partition coefficient (Wildman–Crippen LogP) is 4.30. The number of alkyl halides is 3. The molecule has 146 valence electrons. The molecular formula is C18H10F3N5O2S. The van der Waals surface area contributed by atoms with Crippen molar-refractivity contribution in [3.63, 3.8) is 0 Å². The lowest BCUT2D eigenvalue weighted by Crippen LogP contribution is -2.17. The van der Waals surface area contributed by atoms with E-state index >= 15 is 0 Å². The predicted molar refractivity (Wildman–Crippen MR) is 99.5 cm³/mol. The third-order valence-electron chi connectivity index (χ3n) is 3.73. The van der Waals surface area contributed by atoms with Crippen molar-refractivity contribution < 1.29 is 22.7 Å². The highest BCUT2D eigenvalue weighted by atomic mass is 32.1. The lowest BCUT2D eigenvalue weighted by molar-refractivity contribution is -0.274. The summed E-state index contributed by atoms with van der Waals surface area (Å²) in [4.78, 5) is 29.1. The first-order chi connectivity index (χ1) is 13.9. The van der Waals surface area contributed by atoms with Crippen LogP contribution in [0.1, 0.15) is 9.67 Å². The zero-order valence-electron chi connectivity index (χ0n) is 14.3. The Kier molecular flexibility index (Phi) is 4.80. The van der Waals surface area contributed by atoms with E-state index in [4.69, 9.17) is 0 Å². The van der Waals surface area contributed by atoms with Crippen molar-refractivity contribution in [1.82, 2.24) is 19.9 Å². The van der Waals surface area contributed by atoms with Crippen molar-refractivity contribution in [3.05, 3.63) is 59.3 Å². The number of fused-ring (bicyclic) bond motifs is 1. The first-order valence-corrected chi connectivity index (χ1v) is 8.95. The molecule has 1 N–H and O–H groups in total. The fourth-order valence-corrected chi connectivity index (χ4v) is 3.06. The Bertz CT molecular complexity index is 1180. The summed E-state index contributed by atoms with van der Waals surface area (Å²) in [5.74, 6) is -0.585. The maximum Gasteiger partial charge on any atom is 0.573 e. The van der Waals surface area contributed by atoms with Gasteiger partial charge in [0.2, 0.25) is 0 Å². The second-order valence-corrected chi connectivity index (χ2v) is 6.57. The van der Waals surface area contributed by atoms with E-state index in [0.717, 1.165) is 0 Å². The van der Waals surface area contributed by atoms with E-state index in [1.54, 1.807) is 18.2 Å². The molecule has 0 bridgehead atoms. The number of amides is 1. The Labute approximate surface area is 165 Å². The lowest BCUT2D eigenvalue weighted by Gasteiger charge is -2.10. The number of hydrogen-bond acceptors (Lipinski definition) is 7. The number of carbonyl (C=O) groups excluding carboxylic acids is 1. The van der Waals surface area contributed by atoms with Gasteiger partial charge in [-0.05, 0) is 24.3 Å². The molecule has 3 heterocycles. The average Bonchev–Trinajstić information content (AvgIpc) is 3.22. The fourth-order valence-electron chi connectivity index (χ4n) is 2.54. The number of benzene rings is 1. The highest BCUT2D eigenvalue weighted by molar-refractivity contribution is 7.11. The Morgan fingerprint density at radius 1 is 1.14 bits per heavy atom. The number of hydrogen-bond donors (Lipinski definition) is 1. The van der Waals surface area contributed by atoms with Crippen LogP contribution in [0.2, 0.25) is 0 Å². The fraction of sp³-hybridized carbons (Fsp3) is 0.0556. The number of carbonyl (C=O) groups is 1. The third-order valence-corrected chi connectivity index (χ3v) is 4.51. The SMILES string of the molecule is O=C(Nc1ncnc2ccc(-c3cccc(OC(F)(F)F)c3)nc12)c1cncs1. The van der Waals surface area contributed by atoms with Crippen LogP contribution in [0.15, 0.2) is 54.4 Å². The summed E-state index contributed by atoms with van der Waals surface area (Å²) in [6.45, 7) is 0. The smallest absolute Gasteiger partial charge is 0.406 e. The summed E-state index contributed by atoms with van der Waals surface area (Å²) in [6.07, 6.45) is -2.09. The monoisotopic (exact) mass is 417 g/mol. The molecule has 1 aromatic carbocycles. The molecule has 4 rings (SSSR count). The molecule has 0 saturated heterocycles. The van der Waals surface area contributed by atoms with E-state index < -0.39 is 12.3 Å². The number of halogens is 3. The Morgan fingerprint density at radius 2 is 2.00 bits per heavy atom.